The number of fused-ring (bicyclic) bond motifs is 1. The molecule has 2 aliphatic heterocycles. The number of hydrogen-bond donors (Lipinski definition) is 3. The molecule has 6 atom stereocenters. The Morgan fingerprint density at radius 1 is 1.19 bits per heavy atom. The van der Waals surface area contributed by atoms with Gasteiger partial charge in [-0.15, -0.1) is 0 Å². The van der Waals surface area contributed by atoms with Gasteiger partial charge < -0.3 is 20.9 Å². The number of rotatable bonds is 6. The maximum Gasteiger partial charge on any atom is 0.471 e. The predicted molar refractivity (Wildman–Crippen MR) is 124 cm³/mol. The number of amides is 4. The summed E-state index contributed by atoms with van der Waals surface area (Å²) < 4.78 is 39.0. The van der Waals surface area contributed by atoms with E-state index in [9.17, 15) is 37.6 Å². The maximum atomic E-state index is 13.6. The second-order valence-electron chi connectivity index (χ2n) is 12.2. The van der Waals surface area contributed by atoms with Gasteiger partial charge in [0.1, 0.15) is 18.1 Å². The molecule has 2 saturated heterocycles. The SMILES string of the molecule is CC(C)(C)[C@H](NC(=O)C(F)(F)F)C(=O)N1C[C@@H]2CCC[C@@H]2C1C(=O)N[C@H](C#N)C[C@@H]1CC2(CC2)NC1=O. The summed E-state index contributed by atoms with van der Waals surface area (Å²) in [6.45, 7) is 4.83. The highest BCUT2D eigenvalue weighted by Gasteiger charge is 2.54. The Hall–Kier alpha value is -2.84. The number of hydrogen-bond acceptors (Lipinski definition) is 5. The van der Waals surface area contributed by atoms with E-state index in [1.54, 1.807) is 20.8 Å². The fraction of sp³-hybridized carbons (Fsp3) is 0.800. The normalized spacial score (nSPS) is 29.8. The quantitative estimate of drug-likeness (QED) is 0.487. The Morgan fingerprint density at radius 2 is 1.86 bits per heavy atom. The van der Waals surface area contributed by atoms with Gasteiger partial charge in [0, 0.05) is 18.0 Å². The summed E-state index contributed by atoms with van der Waals surface area (Å²) in [5, 5.41) is 17.2. The molecule has 0 aromatic heterocycles. The summed E-state index contributed by atoms with van der Waals surface area (Å²) in [6, 6.07) is -1.36. The fourth-order valence-corrected chi connectivity index (χ4v) is 6.23. The van der Waals surface area contributed by atoms with Gasteiger partial charge in [-0.2, -0.15) is 18.4 Å². The average molecular weight is 526 g/mol. The van der Waals surface area contributed by atoms with Gasteiger partial charge >= 0.3 is 12.1 Å². The zero-order valence-corrected chi connectivity index (χ0v) is 21.3. The molecule has 4 aliphatic rings. The first-order chi connectivity index (χ1) is 17.1. The molecule has 4 fully saturated rings. The third kappa shape index (κ3) is 5.55. The van der Waals surface area contributed by atoms with Crippen LogP contribution in [0.5, 0.6) is 0 Å². The van der Waals surface area contributed by atoms with Crippen LogP contribution in [0.15, 0.2) is 0 Å². The van der Waals surface area contributed by atoms with Crippen LogP contribution < -0.4 is 16.0 Å². The van der Waals surface area contributed by atoms with E-state index >= 15 is 0 Å². The monoisotopic (exact) mass is 525 g/mol. The highest BCUT2D eigenvalue weighted by atomic mass is 19.4. The molecule has 4 amide bonds. The van der Waals surface area contributed by atoms with Crippen molar-refractivity contribution in [3.8, 4) is 6.07 Å². The van der Waals surface area contributed by atoms with Crippen molar-refractivity contribution in [1.29, 1.82) is 5.26 Å². The summed E-state index contributed by atoms with van der Waals surface area (Å²) in [5.74, 6) is -4.22. The number of halogens is 3. The molecule has 3 N–H and O–H groups in total. The minimum atomic E-state index is -5.16. The van der Waals surface area contributed by atoms with Crippen molar-refractivity contribution in [2.45, 2.75) is 95.6 Å². The molecule has 2 saturated carbocycles. The molecule has 2 heterocycles. The number of carbonyl (C=O) groups is 4. The Bertz CT molecular complexity index is 1010. The molecular weight excluding hydrogens is 491 g/mol. The highest BCUT2D eigenvalue weighted by molar-refractivity contribution is 5.94. The molecule has 1 unspecified atom stereocenters. The van der Waals surface area contributed by atoms with Crippen LogP contribution in [0.2, 0.25) is 0 Å². The summed E-state index contributed by atoms with van der Waals surface area (Å²) in [6.07, 6.45) is -0.274. The van der Waals surface area contributed by atoms with Crippen molar-refractivity contribution >= 4 is 23.6 Å². The van der Waals surface area contributed by atoms with E-state index < -0.39 is 53.4 Å². The number of nitrogens with zero attached hydrogens (tertiary/aromatic N) is 2. The van der Waals surface area contributed by atoms with Crippen LogP contribution in [0.25, 0.3) is 0 Å². The van der Waals surface area contributed by atoms with Crippen molar-refractivity contribution < 1.29 is 32.3 Å². The van der Waals surface area contributed by atoms with Crippen LogP contribution in [0.3, 0.4) is 0 Å². The average Bonchev–Trinajstić information content (AvgIpc) is 3.10. The van der Waals surface area contributed by atoms with Gasteiger partial charge in [0.05, 0.1) is 6.07 Å². The molecule has 1 spiro atoms. The van der Waals surface area contributed by atoms with Gasteiger partial charge in [-0.1, -0.05) is 27.2 Å². The van der Waals surface area contributed by atoms with E-state index in [2.05, 4.69) is 10.6 Å². The van der Waals surface area contributed by atoms with Crippen LogP contribution in [0.1, 0.15) is 65.7 Å². The number of likely N-dealkylation sites (tertiary alicyclic amines) is 1. The van der Waals surface area contributed by atoms with E-state index in [4.69, 9.17) is 0 Å². The molecule has 2 aliphatic carbocycles. The largest absolute Gasteiger partial charge is 0.471 e. The van der Waals surface area contributed by atoms with E-state index in [-0.39, 0.29) is 36.2 Å². The molecule has 0 bridgehead atoms. The topological polar surface area (TPSA) is 131 Å². The van der Waals surface area contributed by atoms with Crippen LogP contribution in [0, 0.1) is 34.5 Å². The van der Waals surface area contributed by atoms with Crippen LogP contribution >= 0.6 is 0 Å². The van der Waals surface area contributed by atoms with E-state index in [1.807, 2.05) is 11.4 Å². The zero-order chi connectivity index (χ0) is 27.3. The van der Waals surface area contributed by atoms with Gasteiger partial charge in [-0.25, -0.2) is 0 Å². The minimum Gasteiger partial charge on any atom is -0.350 e. The Balaban J connectivity index is 1.51. The molecule has 37 heavy (non-hydrogen) atoms. The minimum absolute atomic E-state index is 0.00880. The lowest BCUT2D eigenvalue weighted by Gasteiger charge is -2.36. The maximum absolute atomic E-state index is 13.6. The van der Waals surface area contributed by atoms with Gasteiger partial charge in [0.25, 0.3) is 0 Å². The van der Waals surface area contributed by atoms with Crippen molar-refractivity contribution in [2.75, 3.05) is 6.54 Å². The number of nitrogens with one attached hydrogen (secondary N) is 3. The van der Waals surface area contributed by atoms with Gasteiger partial charge in [0.2, 0.25) is 17.7 Å². The van der Waals surface area contributed by atoms with Crippen LogP contribution in [-0.2, 0) is 19.2 Å². The second kappa shape index (κ2) is 9.48. The zero-order valence-electron chi connectivity index (χ0n) is 21.3. The third-order valence-electron chi connectivity index (χ3n) is 8.33. The predicted octanol–water partition coefficient (Wildman–Crippen LogP) is 1.77. The molecular formula is C25H34F3N5O4. The summed E-state index contributed by atoms with van der Waals surface area (Å²) in [7, 11) is 0. The number of nitriles is 1. The summed E-state index contributed by atoms with van der Waals surface area (Å²) >= 11 is 0. The van der Waals surface area contributed by atoms with Crippen molar-refractivity contribution in [3.63, 3.8) is 0 Å². The first kappa shape index (κ1) is 27.2. The molecule has 0 aromatic carbocycles. The smallest absolute Gasteiger partial charge is 0.350 e. The van der Waals surface area contributed by atoms with Gasteiger partial charge in [-0.3, -0.25) is 19.2 Å². The molecule has 0 aromatic rings. The second-order valence-corrected chi connectivity index (χ2v) is 12.2. The van der Waals surface area contributed by atoms with E-state index in [1.165, 1.54) is 4.90 Å². The Labute approximate surface area is 213 Å². The third-order valence-corrected chi connectivity index (χ3v) is 8.33. The number of alkyl halides is 3. The molecule has 4 rings (SSSR count). The van der Waals surface area contributed by atoms with Gasteiger partial charge in [0.15, 0.2) is 0 Å². The van der Waals surface area contributed by atoms with Crippen LogP contribution in [0.4, 0.5) is 13.2 Å². The first-order valence-corrected chi connectivity index (χ1v) is 12.9. The molecule has 0 radical (unpaired) electrons. The fourth-order valence-electron chi connectivity index (χ4n) is 6.23. The molecule has 12 heteroatoms. The summed E-state index contributed by atoms with van der Waals surface area (Å²) in [4.78, 5) is 52.4. The van der Waals surface area contributed by atoms with Crippen molar-refractivity contribution in [2.24, 2.45) is 23.2 Å². The van der Waals surface area contributed by atoms with E-state index in [0.717, 1.165) is 25.7 Å². The van der Waals surface area contributed by atoms with Crippen molar-refractivity contribution in [3.05, 3.63) is 0 Å². The lowest BCUT2D eigenvalue weighted by Crippen LogP contribution is -2.60. The summed E-state index contributed by atoms with van der Waals surface area (Å²) in [5.41, 5.74) is -1.22. The lowest BCUT2D eigenvalue weighted by molar-refractivity contribution is -0.176. The standard InChI is InChI=1S/C25H34F3N5O4/c1-23(2,3)18(31-22(37)25(26,27)28)21(36)33-12-13-5-4-6-16(13)17(33)20(35)30-15(11-29)9-14-10-24(7-8-24)32-19(14)34/h13-18H,4-10,12H2,1-3H3,(H,30,35)(H,31,37)(H,32,34)/t13-,14+,15-,16-,17?,18+/m0/s1. The first-order valence-electron chi connectivity index (χ1n) is 12.9. The van der Waals surface area contributed by atoms with E-state index in [0.29, 0.717) is 12.8 Å². The highest BCUT2D eigenvalue weighted by Crippen LogP contribution is 2.46. The Morgan fingerprint density at radius 3 is 2.41 bits per heavy atom. The van der Waals surface area contributed by atoms with Crippen molar-refractivity contribution in [1.82, 2.24) is 20.9 Å². The Kier molecular flexibility index (Phi) is 6.97. The van der Waals surface area contributed by atoms with Crippen LogP contribution in [-0.4, -0.2) is 64.9 Å². The van der Waals surface area contributed by atoms with Gasteiger partial charge in [-0.05, 0) is 55.8 Å². The molecule has 9 nitrogen and oxygen atoms in total. The number of carbonyl (C=O) groups excluding carboxylic acids is 4. The lowest BCUT2D eigenvalue weighted by atomic mass is 9.85. The molecule has 204 valence electrons.